The van der Waals surface area contributed by atoms with Gasteiger partial charge in [0.15, 0.2) is 0 Å². The van der Waals surface area contributed by atoms with Gasteiger partial charge in [0.05, 0.1) is 11.0 Å². The van der Waals surface area contributed by atoms with E-state index in [1.165, 1.54) is 0 Å². The molecule has 0 saturated heterocycles. The Hall–Kier alpha value is -1.68. The minimum absolute atomic E-state index is 0.131. The minimum atomic E-state index is -3.56. The SMILES string of the molecule is N#CCCNS(=O)(=O)c1ccccc1Cc1cccs1. The Morgan fingerprint density at radius 3 is 2.70 bits per heavy atom. The summed E-state index contributed by atoms with van der Waals surface area (Å²) in [6, 6.07) is 12.8. The Bertz CT molecular complexity index is 701. The van der Waals surface area contributed by atoms with Crippen LogP contribution in [0.3, 0.4) is 0 Å². The first-order valence-corrected chi connectivity index (χ1v) is 8.46. The molecule has 0 saturated carbocycles. The Kier molecular flexibility index (Phi) is 4.90. The van der Waals surface area contributed by atoms with Crippen LogP contribution in [-0.4, -0.2) is 15.0 Å². The van der Waals surface area contributed by atoms with Gasteiger partial charge in [-0.2, -0.15) is 5.26 Å². The molecule has 0 fully saturated rings. The average molecular weight is 306 g/mol. The molecule has 1 N–H and O–H groups in total. The lowest BCUT2D eigenvalue weighted by Crippen LogP contribution is -2.25. The van der Waals surface area contributed by atoms with E-state index in [0.717, 1.165) is 10.4 Å². The van der Waals surface area contributed by atoms with Gasteiger partial charge >= 0.3 is 0 Å². The molecule has 0 spiro atoms. The molecule has 6 heteroatoms. The number of rotatable bonds is 6. The zero-order chi connectivity index (χ0) is 14.4. The third-order valence-electron chi connectivity index (χ3n) is 2.74. The van der Waals surface area contributed by atoms with E-state index in [4.69, 9.17) is 5.26 Å². The first-order valence-electron chi connectivity index (χ1n) is 6.10. The van der Waals surface area contributed by atoms with Gasteiger partial charge in [-0.05, 0) is 23.1 Å². The predicted octanol–water partition coefficient (Wildman–Crippen LogP) is 2.53. The zero-order valence-corrected chi connectivity index (χ0v) is 12.4. The maximum absolute atomic E-state index is 12.2. The molecule has 0 radical (unpaired) electrons. The monoisotopic (exact) mass is 306 g/mol. The van der Waals surface area contributed by atoms with Crippen molar-refractivity contribution < 1.29 is 8.42 Å². The summed E-state index contributed by atoms with van der Waals surface area (Å²) < 4.78 is 26.9. The second-order valence-corrected chi connectivity index (χ2v) is 6.94. The molecule has 0 aliphatic rings. The predicted molar refractivity (Wildman–Crippen MR) is 79.0 cm³/mol. The summed E-state index contributed by atoms with van der Waals surface area (Å²) >= 11 is 1.60. The van der Waals surface area contributed by atoms with E-state index < -0.39 is 10.0 Å². The number of sulfonamides is 1. The van der Waals surface area contributed by atoms with E-state index in [2.05, 4.69) is 4.72 Å². The average Bonchev–Trinajstić information content (AvgIpc) is 2.92. The number of nitrogens with one attached hydrogen (secondary N) is 1. The smallest absolute Gasteiger partial charge is 0.210 e. The molecule has 1 heterocycles. The van der Waals surface area contributed by atoms with Crippen LogP contribution in [0, 0.1) is 11.3 Å². The molecule has 0 amide bonds. The van der Waals surface area contributed by atoms with Crippen LogP contribution in [0.5, 0.6) is 0 Å². The van der Waals surface area contributed by atoms with Gasteiger partial charge in [-0.15, -0.1) is 11.3 Å². The van der Waals surface area contributed by atoms with Crippen molar-refractivity contribution in [2.45, 2.75) is 17.7 Å². The fourth-order valence-corrected chi connectivity index (χ4v) is 3.83. The molecule has 0 atom stereocenters. The van der Waals surface area contributed by atoms with Crippen LogP contribution in [0.2, 0.25) is 0 Å². The Morgan fingerprint density at radius 1 is 1.20 bits per heavy atom. The third kappa shape index (κ3) is 3.67. The maximum Gasteiger partial charge on any atom is 0.240 e. The molecule has 0 bridgehead atoms. The molecule has 0 aliphatic carbocycles. The van der Waals surface area contributed by atoms with E-state index in [1.54, 1.807) is 23.5 Å². The van der Waals surface area contributed by atoms with Crippen LogP contribution in [0.1, 0.15) is 16.9 Å². The summed E-state index contributed by atoms with van der Waals surface area (Å²) in [5.41, 5.74) is 0.763. The topological polar surface area (TPSA) is 70.0 Å². The number of hydrogen-bond acceptors (Lipinski definition) is 4. The fraction of sp³-hybridized carbons (Fsp3) is 0.214. The molecule has 2 aromatic rings. The highest BCUT2D eigenvalue weighted by atomic mass is 32.2. The second kappa shape index (κ2) is 6.66. The molecule has 20 heavy (non-hydrogen) atoms. The highest BCUT2D eigenvalue weighted by Crippen LogP contribution is 2.21. The first-order chi connectivity index (χ1) is 9.63. The van der Waals surface area contributed by atoms with Crippen molar-refractivity contribution in [2.24, 2.45) is 0 Å². The van der Waals surface area contributed by atoms with E-state index in [1.807, 2.05) is 35.7 Å². The van der Waals surface area contributed by atoms with Crippen LogP contribution in [0.15, 0.2) is 46.7 Å². The maximum atomic E-state index is 12.2. The molecule has 0 unspecified atom stereocenters. The number of hydrogen-bond donors (Lipinski definition) is 1. The highest BCUT2D eigenvalue weighted by molar-refractivity contribution is 7.89. The summed E-state index contributed by atoms with van der Waals surface area (Å²) in [6.45, 7) is 0.131. The fourth-order valence-electron chi connectivity index (χ4n) is 1.83. The summed E-state index contributed by atoms with van der Waals surface area (Å²) in [7, 11) is -3.56. The van der Waals surface area contributed by atoms with Crippen LogP contribution in [-0.2, 0) is 16.4 Å². The van der Waals surface area contributed by atoms with Crippen LogP contribution in [0.4, 0.5) is 0 Å². The number of nitriles is 1. The van der Waals surface area contributed by atoms with Gasteiger partial charge in [0.2, 0.25) is 10.0 Å². The van der Waals surface area contributed by atoms with Gasteiger partial charge in [-0.25, -0.2) is 13.1 Å². The second-order valence-electron chi connectivity index (χ2n) is 4.17. The van der Waals surface area contributed by atoms with Gasteiger partial charge < -0.3 is 0 Å². The Labute approximate surface area is 122 Å². The molecular formula is C14H14N2O2S2. The standard InChI is InChI=1S/C14H14N2O2S2/c15-8-4-9-16-20(17,18)14-7-2-1-5-12(14)11-13-6-3-10-19-13/h1-3,5-7,10,16H,4,9,11H2. The zero-order valence-electron chi connectivity index (χ0n) is 10.7. The van der Waals surface area contributed by atoms with Crippen molar-refractivity contribution in [1.29, 1.82) is 5.26 Å². The van der Waals surface area contributed by atoms with Crippen molar-refractivity contribution in [2.75, 3.05) is 6.54 Å². The lowest BCUT2D eigenvalue weighted by atomic mass is 10.1. The van der Waals surface area contributed by atoms with Crippen molar-refractivity contribution in [3.8, 4) is 6.07 Å². The normalized spacial score (nSPS) is 11.2. The number of thiophene rings is 1. The summed E-state index contributed by atoms with van der Waals surface area (Å²) in [5.74, 6) is 0. The van der Waals surface area contributed by atoms with E-state index in [0.29, 0.717) is 6.42 Å². The van der Waals surface area contributed by atoms with Gasteiger partial charge in [0.1, 0.15) is 0 Å². The van der Waals surface area contributed by atoms with Crippen LogP contribution >= 0.6 is 11.3 Å². The van der Waals surface area contributed by atoms with Crippen molar-refractivity contribution >= 4 is 21.4 Å². The minimum Gasteiger partial charge on any atom is -0.210 e. The molecule has 104 valence electrons. The van der Waals surface area contributed by atoms with Crippen molar-refractivity contribution in [3.05, 3.63) is 52.2 Å². The molecule has 0 aliphatic heterocycles. The molecule has 4 nitrogen and oxygen atoms in total. The Balaban J connectivity index is 2.25. The van der Waals surface area contributed by atoms with Crippen LogP contribution < -0.4 is 4.72 Å². The summed E-state index contributed by atoms with van der Waals surface area (Å²) in [5, 5.41) is 10.4. The lowest BCUT2D eigenvalue weighted by molar-refractivity contribution is 0.581. The number of nitrogens with zero attached hydrogens (tertiary/aromatic N) is 1. The van der Waals surface area contributed by atoms with E-state index >= 15 is 0 Å². The first kappa shape index (κ1) is 14.7. The molecule has 1 aromatic carbocycles. The Morgan fingerprint density at radius 2 is 2.00 bits per heavy atom. The van der Waals surface area contributed by atoms with Crippen LogP contribution in [0.25, 0.3) is 0 Å². The van der Waals surface area contributed by atoms with E-state index in [-0.39, 0.29) is 17.9 Å². The molecule has 1 aromatic heterocycles. The number of benzene rings is 1. The largest absolute Gasteiger partial charge is 0.240 e. The lowest BCUT2D eigenvalue weighted by Gasteiger charge is -2.10. The third-order valence-corrected chi connectivity index (χ3v) is 5.17. The van der Waals surface area contributed by atoms with Gasteiger partial charge in [-0.1, -0.05) is 24.3 Å². The van der Waals surface area contributed by atoms with Crippen molar-refractivity contribution in [3.63, 3.8) is 0 Å². The molecular weight excluding hydrogens is 292 g/mol. The summed E-state index contributed by atoms with van der Waals surface area (Å²) in [6.07, 6.45) is 0.749. The quantitative estimate of drug-likeness (QED) is 0.834. The highest BCUT2D eigenvalue weighted by Gasteiger charge is 2.17. The molecule has 2 rings (SSSR count). The summed E-state index contributed by atoms with van der Waals surface area (Å²) in [4.78, 5) is 1.40. The van der Waals surface area contributed by atoms with Gasteiger partial charge in [0, 0.05) is 24.3 Å². The van der Waals surface area contributed by atoms with Gasteiger partial charge in [0.25, 0.3) is 0 Å². The van der Waals surface area contributed by atoms with Gasteiger partial charge in [-0.3, -0.25) is 0 Å². The van der Waals surface area contributed by atoms with E-state index in [9.17, 15) is 8.42 Å². The van der Waals surface area contributed by atoms with Crippen molar-refractivity contribution in [1.82, 2.24) is 4.72 Å².